The summed E-state index contributed by atoms with van der Waals surface area (Å²) in [6.07, 6.45) is 0. The number of nitriles is 1. The van der Waals surface area contributed by atoms with Gasteiger partial charge in [0.2, 0.25) is 0 Å². The number of nitrogens with zero attached hydrogens (tertiary/aromatic N) is 1. The van der Waals surface area contributed by atoms with Gasteiger partial charge in [0.25, 0.3) is 5.91 Å². The summed E-state index contributed by atoms with van der Waals surface area (Å²) in [5.41, 5.74) is 0.751. The molecule has 23 heavy (non-hydrogen) atoms. The molecule has 0 unspecified atom stereocenters. The molecule has 2 rings (SSSR count). The number of ether oxygens (including phenoxy) is 1. The van der Waals surface area contributed by atoms with Gasteiger partial charge in [-0.1, -0.05) is 30.3 Å². The van der Waals surface area contributed by atoms with Crippen LogP contribution < -0.4 is 5.32 Å². The molecule has 0 spiro atoms. The quantitative estimate of drug-likeness (QED) is 0.652. The predicted molar refractivity (Wildman–Crippen MR) is 87.9 cm³/mol. The van der Waals surface area contributed by atoms with Gasteiger partial charge in [0.1, 0.15) is 6.07 Å². The van der Waals surface area contributed by atoms with Gasteiger partial charge >= 0.3 is 5.97 Å². The molecule has 0 bridgehead atoms. The highest BCUT2D eigenvalue weighted by Gasteiger charge is 2.10. The highest BCUT2D eigenvalue weighted by molar-refractivity contribution is 8.00. The van der Waals surface area contributed by atoms with Crippen LogP contribution in [-0.2, 0) is 14.3 Å². The number of benzene rings is 2. The lowest BCUT2D eigenvalue weighted by molar-refractivity contribution is -0.144. The number of thioether (sulfide) groups is 1. The largest absolute Gasteiger partial charge is 0.455 e. The van der Waals surface area contributed by atoms with Gasteiger partial charge in [-0.05, 0) is 24.3 Å². The Morgan fingerprint density at radius 1 is 1.09 bits per heavy atom. The molecular weight excluding hydrogens is 312 g/mol. The third kappa shape index (κ3) is 5.49. The molecule has 0 fully saturated rings. The number of esters is 1. The highest BCUT2D eigenvalue weighted by Crippen LogP contribution is 2.17. The summed E-state index contributed by atoms with van der Waals surface area (Å²) >= 11 is 1.34. The Labute approximate surface area is 138 Å². The van der Waals surface area contributed by atoms with Crippen LogP contribution in [0.4, 0.5) is 5.69 Å². The molecule has 2 aromatic rings. The van der Waals surface area contributed by atoms with E-state index in [4.69, 9.17) is 10.00 Å². The number of nitrogens with one attached hydrogen (secondary N) is 1. The van der Waals surface area contributed by atoms with Crippen LogP contribution in [0.5, 0.6) is 0 Å². The van der Waals surface area contributed by atoms with E-state index in [1.807, 2.05) is 36.4 Å². The summed E-state index contributed by atoms with van der Waals surface area (Å²) in [6.45, 7) is -0.381. The van der Waals surface area contributed by atoms with Crippen LogP contribution in [0.2, 0.25) is 0 Å². The number of hydrogen-bond acceptors (Lipinski definition) is 5. The van der Waals surface area contributed by atoms with Crippen molar-refractivity contribution in [1.29, 1.82) is 5.26 Å². The average molecular weight is 326 g/mol. The van der Waals surface area contributed by atoms with Crippen molar-refractivity contribution >= 4 is 29.3 Å². The Morgan fingerprint density at radius 2 is 1.78 bits per heavy atom. The van der Waals surface area contributed by atoms with Crippen LogP contribution in [0, 0.1) is 11.3 Å². The van der Waals surface area contributed by atoms with Crippen molar-refractivity contribution < 1.29 is 14.3 Å². The molecular formula is C17H14N2O3S. The summed E-state index contributed by atoms with van der Waals surface area (Å²) in [6, 6.07) is 18.0. The molecule has 6 heteroatoms. The topological polar surface area (TPSA) is 79.2 Å². The second-order valence-electron chi connectivity index (χ2n) is 4.47. The average Bonchev–Trinajstić information content (AvgIpc) is 2.59. The summed E-state index contributed by atoms with van der Waals surface area (Å²) in [7, 11) is 0. The van der Waals surface area contributed by atoms with Gasteiger partial charge in [-0.2, -0.15) is 5.26 Å². The van der Waals surface area contributed by atoms with E-state index >= 15 is 0 Å². The van der Waals surface area contributed by atoms with Crippen molar-refractivity contribution in [2.24, 2.45) is 0 Å². The lowest BCUT2D eigenvalue weighted by Crippen LogP contribution is -2.22. The number of para-hydroxylation sites is 1. The molecule has 5 nitrogen and oxygen atoms in total. The molecule has 0 saturated carbocycles. The first-order valence-electron chi connectivity index (χ1n) is 6.81. The Balaban J connectivity index is 1.76. The van der Waals surface area contributed by atoms with Crippen molar-refractivity contribution in [2.75, 3.05) is 17.7 Å². The van der Waals surface area contributed by atoms with Crippen LogP contribution in [0.1, 0.15) is 5.56 Å². The SMILES string of the molecule is N#Cc1ccccc1NC(=O)COC(=O)CSc1ccccc1. The molecule has 0 heterocycles. The fourth-order valence-corrected chi connectivity index (χ4v) is 2.44. The van der Waals surface area contributed by atoms with Crippen molar-refractivity contribution in [3.05, 3.63) is 60.2 Å². The fourth-order valence-electron chi connectivity index (χ4n) is 1.72. The number of rotatable bonds is 6. The third-order valence-corrected chi connectivity index (χ3v) is 3.77. The number of carbonyl (C=O) groups is 2. The van der Waals surface area contributed by atoms with Crippen LogP contribution in [-0.4, -0.2) is 24.2 Å². The van der Waals surface area contributed by atoms with Gasteiger partial charge in [0.05, 0.1) is 17.0 Å². The van der Waals surface area contributed by atoms with Crippen LogP contribution >= 0.6 is 11.8 Å². The van der Waals surface area contributed by atoms with E-state index in [1.54, 1.807) is 24.3 Å². The highest BCUT2D eigenvalue weighted by atomic mass is 32.2. The number of hydrogen-bond donors (Lipinski definition) is 1. The van der Waals surface area contributed by atoms with E-state index in [9.17, 15) is 9.59 Å². The molecule has 0 radical (unpaired) electrons. The molecule has 0 saturated heterocycles. The first-order chi connectivity index (χ1) is 11.2. The van der Waals surface area contributed by atoms with Crippen molar-refractivity contribution in [1.82, 2.24) is 0 Å². The molecule has 2 aromatic carbocycles. The monoisotopic (exact) mass is 326 g/mol. The minimum Gasteiger partial charge on any atom is -0.455 e. The van der Waals surface area contributed by atoms with E-state index in [0.717, 1.165) is 4.90 Å². The van der Waals surface area contributed by atoms with Crippen molar-refractivity contribution in [2.45, 2.75) is 4.90 Å². The Morgan fingerprint density at radius 3 is 2.52 bits per heavy atom. The Hall–Kier alpha value is -2.78. The maximum atomic E-state index is 11.8. The van der Waals surface area contributed by atoms with Crippen molar-refractivity contribution in [3.8, 4) is 6.07 Å². The zero-order chi connectivity index (χ0) is 16.5. The predicted octanol–water partition coefficient (Wildman–Crippen LogP) is 2.83. The van der Waals surface area contributed by atoms with Gasteiger partial charge in [-0.15, -0.1) is 11.8 Å². The second-order valence-corrected chi connectivity index (χ2v) is 5.52. The first-order valence-corrected chi connectivity index (χ1v) is 7.80. The van der Waals surface area contributed by atoms with Gasteiger partial charge in [0, 0.05) is 4.90 Å². The summed E-state index contributed by atoms with van der Waals surface area (Å²) in [5, 5.41) is 11.5. The van der Waals surface area contributed by atoms with Gasteiger partial charge < -0.3 is 10.1 Å². The number of anilines is 1. The lowest BCUT2D eigenvalue weighted by atomic mass is 10.2. The smallest absolute Gasteiger partial charge is 0.316 e. The van der Waals surface area contributed by atoms with E-state index in [-0.39, 0.29) is 12.4 Å². The van der Waals surface area contributed by atoms with Crippen LogP contribution in [0.15, 0.2) is 59.5 Å². The van der Waals surface area contributed by atoms with Crippen LogP contribution in [0.25, 0.3) is 0 Å². The molecule has 116 valence electrons. The van der Waals surface area contributed by atoms with Crippen LogP contribution in [0.3, 0.4) is 0 Å². The second kappa shape index (κ2) is 8.61. The standard InChI is InChI=1S/C17H14N2O3S/c18-10-13-6-4-5-9-15(13)19-16(20)11-22-17(21)12-23-14-7-2-1-3-8-14/h1-9H,11-12H2,(H,19,20). The van der Waals surface area contributed by atoms with E-state index < -0.39 is 11.9 Å². The van der Waals surface area contributed by atoms with Gasteiger partial charge in [0.15, 0.2) is 6.61 Å². The number of amides is 1. The molecule has 0 aliphatic carbocycles. The van der Waals surface area contributed by atoms with E-state index in [2.05, 4.69) is 5.32 Å². The first kappa shape index (κ1) is 16.6. The molecule has 0 aromatic heterocycles. The lowest BCUT2D eigenvalue weighted by Gasteiger charge is -2.07. The molecule has 1 amide bonds. The molecule has 0 aliphatic heterocycles. The number of carbonyl (C=O) groups excluding carboxylic acids is 2. The minimum absolute atomic E-state index is 0.131. The molecule has 0 atom stereocenters. The summed E-state index contributed by atoms with van der Waals surface area (Å²) in [4.78, 5) is 24.3. The zero-order valence-corrected chi connectivity index (χ0v) is 13.0. The minimum atomic E-state index is -0.481. The maximum Gasteiger partial charge on any atom is 0.316 e. The normalized spacial score (nSPS) is 9.70. The third-order valence-electron chi connectivity index (χ3n) is 2.79. The zero-order valence-electron chi connectivity index (χ0n) is 12.2. The van der Waals surface area contributed by atoms with Gasteiger partial charge in [-0.3, -0.25) is 9.59 Å². The van der Waals surface area contributed by atoms with E-state index in [1.165, 1.54) is 11.8 Å². The molecule has 1 N–H and O–H groups in total. The van der Waals surface area contributed by atoms with Gasteiger partial charge in [-0.25, -0.2) is 0 Å². The summed E-state index contributed by atoms with van der Waals surface area (Å²) < 4.78 is 4.92. The molecule has 0 aliphatic rings. The Bertz CT molecular complexity index is 726. The Kier molecular flexibility index (Phi) is 6.21. The van der Waals surface area contributed by atoms with E-state index in [0.29, 0.717) is 11.3 Å². The fraction of sp³-hybridized carbons (Fsp3) is 0.118. The maximum absolute atomic E-state index is 11.8. The summed E-state index contributed by atoms with van der Waals surface area (Å²) in [5.74, 6) is -0.820. The van der Waals surface area contributed by atoms with Crippen molar-refractivity contribution in [3.63, 3.8) is 0 Å².